The van der Waals surface area contributed by atoms with Crippen LogP contribution in [0.15, 0.2) is 6.33 Å². The molecule has 1 fully saturated rings. The molecule has 1 saturated heterocycles. The number of likely N-dealkylation sites (tertiary alicyclic amines) is 1. The first-order valence-electron chi connectivity index (χ1n) is 7.01. The zero-order chi connectivity index (χ0) is 15.6. The van der Waals surface area contributed by atoms with Gasteiger partial charge in [0.1, 0.15) is 12.2 Å². The second-order valence-corrected chi connectivity index (χ2v) is 5.83. The molecule has 2 unspecified atom stereocenters. The first-order chi connectivity index (χ1) is 9.86. The summed E-state index contributed by atoms with van der Waals surface area (Å²) in [5.41, 5.74) is -0.854. The van der Waals surface area contributed by atoms with Crippen molar-refractivity contribution in [1.29, 1.82) is 0 Å². The number of hydrogen-bond donors (Lipinski definition) is 3. The van der Waals surface area contributed by atoms with Crippen LogP contribution in [0.4, 0.5) is 4.79 Å². The molecule has 0 radical (unpaired) electrons. The molecule has 1 aliphatic heterocycles. The van der Waals surface area contributed by atoms with Crippen LogP contribution in [-0.4, -0.2) is 50.3 Å². The number of carbonyl (C=O) groups is 2. The lowest BCUT2D eigenvalue weighted by molar-refractivity contribution is -0.150. The summed E-state index contributed by atoms with van der Waals surface area (Å²) in [7, 11) is 0. The Morgan fingerprint density at radius 3 is 2.67 bits per heavy atom. The van der Waals surface area contributed by atoms with E-state index in [-0.39, 0.29) is 24.5 Å². The largest absolute Gasteiger partial charge is 0.481 e. The molecule has 2 rings (SSSR count). The fraction of sp³-hybridized carbons (Fsp3) is 0.692. The van der Waals surface area contributed by atoms with Crippen LogP contribution in [0.1, 0.15) is 39.1 Å². The second kappa shape index (κ2) is 5.71. The molecule has 2 amide bonds. The van der Waals surface area contributed by atoms with Crippen molar-refractivity contribution in [3.05, 3.63) is 12.2 Å². The van der Waals surface area contributed by atoms with Crippen molar-refractivity contribution in [2.24, 2.45) is 11.3 Å². The van der Waals surface area contributed by atoms with Crippen LogP contribution in [-0.2, 0) is 4.79 Å². The SMILES string of the molecule is CC(NC(=O)N1CCC(C(=O)O)(C(C)C)C1)c1ncn[nH]1. The molecule has 2 atom stereocenters. The minimum absolute atomic E-state index is 0.0282. The van der Waals surface area contributed by atoms with Gasteiger partial charge in [0.15, 0.2) is 0 Å². The van der Waals surface area contributed by atoms with Gasteiger partial charge in [-0.15, -0.1) is 0 Å². The van der Waals surface area contributed by atoms with Gasteiger partial charge in [-0.2, -0.15) is 5.10 Å². The lowest BCUT2D eigenvalue weighted by Gasteiger charge is -2.29. The summed E-state index contributed by atoms with van der Waals surface area (Å²) in [6.07, 6.45) is 1.85. The molecule has 8 heteroatoms. The Labute approximate surface area is 122 Å². The molecule has 1 aliphatic rings. The summed E-state index contributed by atoms with van der Waals surface area (Å²) in [4.78, 5) is 29.3. The first kappa shape index (κ1) is 15.3. The van der Waals surface area contributed by atoms with Crippen molar-refractivity contribution in [2.45, 2.75) is 33.2 Å². The molecule has 8 nitrogen and oxygen atoms in total. The lowest BCUT2D eigenvalue weighted by atomic mass is 9.76. The van der Waals surface area contributed by atoms with E-state index in [0.717, 1.165) is 0 Å². The molecule has 3 N–H and O–H groups in total. The number of urea groups is 1. The number of aliphatic carboxylic acids is 1. The third-order valence-electron chi connectivity index (χ3n) is 4.30. The number of amides is 2. The van der Waals surface area contributed by atoms with E-state index < -0.39 is 11.4 Å². The van der Waals surface area contributed by atoms with Gasteiger partial charge in [-0.25, -0.2) is 9.78 Å². The van der Waals surface area contributed by atoms with Crippen LogP contribution in [0.3, 0.4) is 0 Å². The van der Waals surface area contributed by atoms with Gasteiger partial charge in [-0.05, 0) is 19.3 Å². The van der Waals surface area contributed by atoms with Crippen LogP contribution in [0.25, 0.3) is 0 Å². The number of nitrogens with zero attached hydrogens (tertiary/aromatic N) is 3. The van der Waals surface area contributed by atoms with Crippen molar-refractivity contribution >= 4 is 12.0 Å². The molecular formula is C13H21N5O3. The predicted molar refractivity (Wildman–Crippen MR) is 74.4 cm³/mol. The molecule has 0 saturated carbocycles. The zero-order valence-electron chi connectivity index (χ0n) is 12.5. The fourth-order valence-corrected chi connectivity index (χ4v) is 2.67. The van der Waals surface area contributed by atoms with Gasteiger partial charge in [0.05, 0.1) is 11.5 Å². The highest BCUT2D eigenvalue weighted by Gasteiger charge is 2.48. The summed E-state index contributed by atoms with van der Waals surface area (Å²) in [6, 6.07) is -0.582. The highest BCUT2D eigenvalue weighted by atomic mass is 16.4. The minimum atomic E-state index is -0.854. The third kappa shape index (κ3) is 2.84. The highest BCUT2D eigenvalue weighted by Crippen LogP contribution is 2.38. The number of aromatic amines is 1. The van der Waals surface area contributed by atoms with Gasteiger partial charge in [-0.3, -0.25) is 9.89 Å². The van der Waals surface area contributed by atoms with Crippen LogP contribution < -0.4 is 5.32 Å². The number of carboxylic acids is 1. The van der Waals surface area contributed by atoms with Crippen molar-refractivity contribution in [3.63, 3.8) is 0 Å². The average Bonchev–Trinajstić information content (AvgIpc) is 3.09. The van der Waals surface area contributed by atoms with E-state index in [2.05, 4.69) is 20.5 Å². The van der Waals surface area contributed by atoms with Gasteiger partial charge in [0.25, 0.3) is 0 Å². The fourth-order valence-electron chi connectivity index (χ4n) is 2.67. The minimum Gasteiger partial charge on any atom is -0.481 e. The molecular weight excluding hydrogens is 274 g/mol. The van der Waals surface area contributed by atoms with Crippen molar-refractivity contribution < 1.29 is 14.7 Å². The van der Waals surface area contributed by atoms with E-state index >= 15 is 0 Å². The van der Waals surface area contributed by atoms with E-state index in [1.165, 1.54) is 6.33 Å². The summed E-state index contributed by atoms with van der Waals surface area (Å²) in [5, 5.41) is 18.7. The monoisotopic (exact) mass is 295 g/mol. The van der Waals surface area contributed by atoms with E-state index in [1.807, 2.05) is 13.8 Å². The number of H-pyrrole nitrogens is 1. The number of nitrogens with one attached hydrogen (secondary N) is 2. The van der Waals surface area contributed by atoms with Crippen LogP contribution >= 0.6 is 0 Å². The molecule has 0 aliphatic carbocycles. The summed E-state index contributed by atoms with van der Waals surface area (Å²) >= 11 is 0. The van der Waals surface area contributed by atoms with E-state index in [1.54, 1.807) is 11.8 Å². The predicted octanol–water partition coefficient (Wildman–Crippen LogP) is 1.01. The van der Waals surface area contributed by atoms with Gasteiger partial charge in [0, 0.05) is 13.1 Å². The third-order valence-corrected chi connectivity index (χ3v) is 4.30. The Hall–Kier alpha value is -2.12. The van der Waals surface area contributed by atoms with Gasteiger partial charge >= 0.3 is 12.0 Å². The van der Waals surface area contributed by atoms with E-state index in [4.69, 9.17) is 0 Å². The van der Waals surface area contributed by atoms with Crippen LogP contribution in [0.2, 0.25) is 0 Å². The Balaban J connectivity index is 2.00. The Kier molecular flexibility index (Phi) is 4.15. The first-order valence-corrected chi connectivity index (χ1v) is 7.01. The van der Waals surface area contributed by atoms with Gasteiger partial charge in [0.2, 0.25) is 0 Å². The lowest BCUT2D eigenvalue weighted by Crippen LogP contribution is -2.44. The molecule has 0 aromatic carbocycles. The molecule has 21 heavy (non-hydrogen) atoms. The highest BCUT2D eigenvalue weighted by molar-refractivity contribution is 5.80. The molecule has 0 spiro atoms. The van der Waals surface area contributed by atoms with Crippen molar-refractivity contribution in [1.82, 2.24) is 25.4 Å². The maximum absolute atomic E-state index is 12.2. The summed E-state index contributed by atoms with van der Waals surface area (Å²) < 4.78 is 0. The Bertz CT molecular complexity index is 516. The van der Waals surface area contributed by atoms with E-state index in [9.17, 15) is 14.7 Å². The quantitative estimate of drug-likeness (QED) is 0.767. The number of hydrogen-bond acceptors (Lipinski definition) is 4. The molecule has 1 aromatic heterocycles. The number of carboxylic acid groups (broad SMARTS) is 1. The second-order valence-electron chi connectivity index (χ2n) is 5.83. The number of carbonyl (C=O) groups excluding carboxylic acids is 1. The zero-order valence-corrected chi connectivity index (χ0v) is 12.5. The maximum Gasteiger partial charge on any atom is 0.318 e. The summed E-state index contributed by atoms with van der Waals surface area (Å²) in [6.45, 7) is 6.23. The Morgan fingerprint density at radius 1 is 1.48 bits per heavy atom. The van der Waals surface area contributed by atoms with Crippen LogP contribution in [0.5, 0.6) is 0 Å². The average molecular weight is 295 g/mol. The molecule has 116 valence electrons. The Morgan fingerprint density at radius 2 is 2.19 bits per heavy atom. The molecule has 1 aromatic rings. The van der Waals surface area contributed by atoms with Gasteiger partial charge < -0.3 is 15.3 Å². The normalized spacial score (nSPS) is 23.3. The van der Waals surface area contributed by atoms with Crippen LogP contribution in [0, 0.1) is 11.3 Å². The number of aromatic nitrogens is 3. The van der Waals surface area contributed by atoms with E-state index in [0.29, 0.717) is 18.8 Å². The molecule has 2 heterocycles. The van der Waals surface area contributed by atoms with Crippen molar-refractivity contribution in [2.75, 3.05) is 13.1 Å². The van der Waals surface area contributed by atoms with Gasteiger partial charge in [-0.1, -0.05) is 13.8 Å². The number of rotatable bonds is 4. The van der Waals surface area contributed by atoms with Crippen molar-refractivity contribution in [3.8, 4) is 0 Å². The standard InChI is InChI=1S/C13H21N5O3/c1-8(2)13(11(19)20)4-5-18(6-13)12(21)16-9(3)10-14-7-15-17-10/h7-9H,4-6H2,1-3H3,(H,16,21)(H,19,20)(H,14,15,17). The maximum atomic E-state index is 12.2. The molecule has 0 bridgehead atoms. The topological polar surface area (TPSA) is 111 Å². The smallest absolute Gasteiger partial charge is 0.318 e. The summed E-state index contributed by atoms with van der Waals surface area (Å²) in [5.74, 6) is -0.300.